The topological polar surface area (TPSA) is 132 Å². The van der Waals surface area contributed by atoms with Crippen molar-refractivity contribution in [3.05, 3.63) is 11.8 Å². The number of amides is 1. The fourth-order valence-corrected chi connectivity index (χ4v) is 2.45. The Balaban J connectivity index is 0.000000249. The molecule has 0 bridgehead atoms. The molecular formula is C7H9NO7S2. The van der Waals surface area contributed by atoms with Gasteiger partial charge in [-0.15, -0.1) is 11.8 Å². The maximum Gasteiger partial charge on any atom is 0.394 e. The average Bonchev–Trinajstić information content (AvgIpc) is 2.12. The van der Waals surface area contributed by atoms with E-state index in [0.717, 1.165) is 0 Å². The van der Waals surface area contributed by atoms with Crippen LogP contribution in [0.5, 0.6) is 0 Å². The summed E-state index contributed by atoms with van der Waals surface area (Å²) in [6.45, 7) is 0. The lowest BCUT2D eigenvalue weighted by Crippen LogP contribution is -2.52. The van der Waals surface area contributed by atoms with Gasteiger partial charge in [-0.1, -0.05) is 0 Å². The molecule has 0 radical (unpaired) electrons. The zero-order chi connectivity index (χ0) is 13.2. The van der Waals surface area contributed by atoms with Crippen molar-refractivity contribution in [2.45, 2.75) is 11.8 Å². The highest BCUT2D eigenvalue weighted by Gasteiger charge is 2.42. The largest absolute Gasteiger partial charge is 0.477 e. The van der Waals surface area contributed by atoms with Gasteiger partial charge in [0.05, 0.1) is 11.8 Å². The molecule has 1 fully saturated rings. The van der Waals surface area contributed by atoms with Gasteiger partial charge in [-0.25, -0.2) is 4.79 Å². The summed E-state index contributed by atoms with van der Waals surface area (Å²) < 4.78 is 31.6. The van der Waals surface area contributed by atoms with Gasteiger partial charge in [0.15, 0.2) is 0 Å². The highest BCUT2D eigenvalue weighted by atomic mass is 32.3. The van der Waals surface area contributed by atoms with E-state index in [4.69, 9.17) is 22.6 Å². The van der Waals surface area contributed by atoms with Gasteiger partial charge in [0.1, 0.15) is 5.70 Å². The first-order valence-corrected chi connectivity index (χ1v) is 6.71. The SMILES string of the molecule is O=C(O)C1=CCS[C@H]2CC(=O)N12.O=S(=O)(O)O. The summed E-state index contributed by atoms with van der Waals surface area (Å²) >= 11 is 1.60. The maximum absolute atomic E-state index is 11.0. The van der Waals surface area contributed by atoms with E-state index in [1.807, 2.05) is 0 Å². The van der Waals surface area contributed by atoms with Crippen LogP contribution in [-0.2, 0) is 20.0 Å². The quantitative estimate of drug-likeness (QED) is 0.437. The van der Waals surface area contributed by atoms with Crippen molar-refractivity contribution in [1.29, 1.82) is 0 Å². The van der Waals surface area contributed by atoms with Crippen LogP contribution in [0.4, 0.5) is 0 Å². The van der Waals surface area contributed by atoms with Gasteiger partial charge < -0.3 is 5.11 Å². The molecule has 96 valence electrons. The Kier molecular flexibility index (Phi) is 4.14. The molecule has 2 rings (SSSR count). The van der Waals surface area contributed by atoms with E-state index < -0.39 is 16.4 Å². The van der Waals surface area contributed by atoms with Crippen LogP contribution < -0.4 is 0 Å². The molecule has 0 spiro atoms. The minimum Gasteiger partial charge on any atom is -0.477 e. The normalized spacial score (nSPS) is 22.7. The zero-order valence-corrected chi connectivity index (χ0v) is 9.94. The number of thioether (sulfide) groups is 1. The number of carbonyl (C=O) groups is 2. The van der Waals surface area contributed by atoms with Crippen molar-refractivity contribution in [2.75, 3.05) is 5.75 Å². The van der Waals surface area contributed by atoms with Crippen molar-refractivity contribution >= 4 is 34.0 Å². The molecule has 1 saturated heterocycles. The summed E-state index contributed by atoms with van der Waals surface area (Å²) in [5, 5.41) is 8.78. The highest BCUT2D eigenvalue weighted by molar-refractivity contribution is 8.00. The Morgan fingerprint density at radius 2 is 2.00 bits per heavy atom. The molecule has 2 aliphatic rings. The van der Waals surface area contributed by atoms with Crippen molar-refractivity contribution in [1.82, 2.24) is 4.90 Å². The first-order valence-electron chi connectivity index (χ1n) is 4.27. The minimum absolute atomic E-state index is 0.0774. The number of carboxylic acids is 1. The summed E-state index contributed by atoms with van der Waals surface area (Å²) in [6, 6.07) is 0. The van der Waals surface area contributed by atoms with Crippen molar-refractivity contribution in [3.63, 3.8) is 0 Å². The molecular weight excluding hydrogens is 274 g/mol. The Labute approximate surface area is 101 Å². The van der Waals surface area contributed by atoms with Gasteiger partial charge in [0.25, 0.3) is 0 Å². The summed E-state index contributed by atoms with van der Waals surface area (Å²) in [4.78, 5) is 23.0. The van der Waals surface area contributed by atoms with E-state index in [9.17, 15) is 9.59 Å². The third kappa shape index (κ3) is 4.00. The lowest BCUT2D eigenvalue weighted by Gasteiger charge is -2.42. The predicted molar refractivity (Wildman–Crippen MR) is 57.6 cm³/mol. The smallest absolute Gasteiger partial charge is 0.394 e. The molecule has 2 aliphatic heterocycles. The Morgan fingerprint density at radius 3 is 2.35 bits per heavy atom. The van der Waals surface area contributed by atoms with E-state index in [1.54, 1.807) is 17.8 Å². The molecule has 0 aromatic heterocycles. The van der Waals surface area contributed by atoms with Crippen molar-refractivity contribution < 1.29 is 32.2 Å². The third-order valence-corrected chi connectivity index (χ3v) is 3.07. The van der Waals surface area contributed by atoms with E-state index in [0.29, 0.717) is 12.2 Å². The molecule has 0 aromatic carbocycles. The monoisotopic (exact) mass is 283 g/mol. The predicted octanol–water partition coefficient (Wildman–Crippen LogP) is -0.393. The molecule has 3 N–H and O–H groups in total. The van der Waals surface area contributed by atoms with E-state index in [-0.39, 0.29) is 17.0 Å². The van der Waals surface area contributed by atoms with Gasteiger partial charge in [0, 0.05) is 5.75 Å². The Morgan fingerprint density at radius 1 is 1.47 bits per heavy atom. The van der Waals surface area contributed by atoms with Crippen molar-refractivity contribution in [2.24, 2.45) is 0 Å². The van der Waals surface area contributed by atoms with E-state index >= 15 is 0 Å². The molecule has 0 aromatic rings. The number of β-lactam (4-membered cyclic amide) rings is 1. The minimum atomic E-state index is -4.67. The third-order valence-electron chi connectivity index (χ3n) is 1.95. The number of carbonyl (C=O) groups excluding carboxylic acids is 1. The molecule has 8 nitrogen and oxygen atoms in total. The molecule has 1 atom stereocenters. The second kappa shape index (κ2) is 5.04. The summed E-state index contributed by atoms with van der Waals surface area (Å²) in [6.07, 6.45) is 2.07. The lowest BCUT2D eigenvalue weighted by molar-refractivity contribution is -0.146. The van der Waals surface area contributed by atoms with E-state index in [1.165, 1.54) is 4.90 Å². The molecule has 2 heterocycles. The van der Waals surface area contributed by atoms with Gasteiger partial charge in [-0.2, -0.15) is 8.42 Å². The molecule has 0 unspecified atom stereocenters. The van der Waals surface area contributed by atoms with Crippen molar-refractivity contribution in [3.8, 4) is 0 Å². The fourth-order valence-electron chi connectivity index (χ4n) is 1.34. The van der Waals surface area contributed by atoms with Crippen LogP contribution in [-0.4, -0.2) is 50.5 Å². The summed E-state index contributed by atoms with van der Waals surface area (Å²) in [7, 11) is -4.67. The van der Waals surface area contributed by atoms with Crippen LogP contribution in [0.15, 0.2) is 11.8 Å². The number of rotatable bonds is 1. The lowest BCUT2D eigenvalue weighted by atomic mass is 10.1. The summed E-state index contributed by atoms with van der Waals surface area (Å²) in [5.41, 5.74) is 0.148. The molecule has 0 saturated carbocycles. The first kappa shape index (κ1) is 14.0. The standard InChI is InChI=1S/C7H7NO3S.H2O4S/c9-5-3-6-8(5)4(7(10)11)1-2-12-6;1-5(2,3)4/h1,6H,2-3H2,(H,10,11);(H2,1,2,3,4)/t6-;/m0./s1. The maximum atomic E-state index is 11.0. The number of aliphatic carboxylic acids is 1. The molecule has 1 amide bonds. The first-order chi connectivity index (χ1) is 7.70. The van der Waals surface area contributed by atoms with Crippen LogP contribution in [0.1, 0.15) is 6.42 Å². The Bertz CT molecular complexity index is 461. The van der Waals surface area contributed by atoms with E-state index in [2.05, 4.69) is 0 Å². The number of nitrogens with zero attached hydrogens (tertiary/aromatic N) is 1. The highest BCUT2D eigenvalue weighted by Crippen LogP contribution is 2.36. The molecule has 17 heavy (non-hydrogen) atoms. The fraction of sp³-hybridized carbons (Fsp3) is 0.429. The second-order valence-corrected chi connectivity index (χ2v) is 5.20. The van der Waals surface area contributed by atoms with Crippen LogP contribution >= 0.6 is 11.8 Å². The summed E-state index contributed by atoms with van der Waals surface area (Å²) in [5.74, 6) is -0.398. The average molecular weight is 283 g/mol. The number of hydrogen-bond donors (Lipinski definition) is 3. The number of hydrogen-bond acceptors (Lipinski definition) is 5. The van der Waals surface area contributed by atoms with Gasteiger partial charge in [0.2, 0.25) is 5.91 Å². The zero-order valence-electron chi connectivity index (χ0n) is 8.31. The van der Waals surface area contributed by atoms with Gasteiger partial charge in [-0.05, 0) is 6.08 Å². The van der Waals surface area contributed by atoms with Crippen LogP contribution in [0.25, 0.3) is 0 Å². The molecule has 10 heteroatoms. The van der Waals surface area contributed by atoms with Crippen LogP contribution in [0, 0.1) is 0 Å². The number of fused-ring (bicyclic) bond motifs is 1. The second-order valence-electron chi connectivity index (χ2n) is 3.10. The molecule has 0 aliphatic carbocycles. The Hall–Kier alpha value is -1.10. The van der Waals surface area contributed by atoms with Gasteiger partial charge >= 0.3 is 16.4 Å². The van der Waals surface area contributed by atoms with Crippen LogP contribution in [0.2, 0.25) is 0 Å². The number of carboxylic acid groups (broad SMARTS) is 1. The van der Waals surface area contributed by atoms with Gasteiger partial charge in [-0.3, -0.25) is 18.8 Å². The van der Waals surface area contributed by atoms with Crippen LogP contribution in [0.3, 0.4) is 0 Å².